The van der Waals surface area contributed by atoms with Gasteiger partial charge in [-0.25, -0.2) is 0 Å². The van der Waals surface area contributed by atoms with E-state index in [9.17, 15) is 13.2 Å². The lowest BCUT2D eigenvalue weighted by atomic mass is 9.94. The van der Waals surface area contributed by atoms with Crippen LogP contribution in [0.5, 0.6) is 0 Å². The average molecular weight is 409 g/mol. The van der Waals surface area contributed by atoms with Crippen LogP contribution in [0.15, 0.2) is 0 Å². The third-order valence-electron chi connectivity index (χ3n) is 4.58. The summed E-state index contributed by atoms with van der Waals surface area (Å²) in [4.78, 5) is 12.1. The first-order chi connectivity index (χ1) is 12.8. The van der Waals surface area contributed by atoms with Crippen molar-refractivity contribution in [2.45, 2.75) is 90.0 Å². The minimum atomic E-state index is -4.29. The van der Waals surface area contributed by atoms with Gasteiger partial charge in [-0.3, -0.25) is 9.35 Å². The largest absolute Gasteiger partial charge is 0.396 e. The zero-order chi connectivity index (χ0) is 20.5. The number of hydrogen-bond donors (Lipinski definition) is 4. The van der Waals surface area contributed by atoms with E-state index in [4.69, 9.17) is 14.8 Å². The Kier molecular flexibility index (Phi) is 15.9. The molecule has 0 aromatic carbocycles. The number of rotatable bonds is 18. The lowest BCUT2D eigenvalue weighted by Gasteiger charge is -2.26. The van der Waals surface area contributed by atoms with E-state index in [2.05, 4.69) is 12.2 Å². The van der Waals surface area contributed by atoms with Gasteiger partial charge in [0.05, 0.1) is 11.8 Å². The molecule has 0 aromatic rings. The smallest absolute Gasteiger partial charge is 0.266 e. The highest BCUT2D eigenvalue weighted by atomic mass is 32.2. The molecule has 0 aliphatic rings. The number of aliphatic hydroxyl groups is 2. The molecule has 0 aliphatic heterocycles. The summed E-state index contributed by atoms with van der Waals surface area (Å²) in [6.07, 6.45) is 10.9. The highest BCUT2D eigenvalue weighted by molar-refractivity contribution is 7.85. The predicted molar refractivity (Wildman–Crippen MR) is 107 cm³/mol. The molecule has 0 saturated carbocycles. The number of unbranched alkanes of at least 4 members (excludes halogenated alkanes) is 8. The molecule has 1 atom stereocenters. The van der Waals surface area contributed by atoms with E-state index in [0.29, 0.717) is 12.3 Å². The molecule has 161 valence electrons. The van der Waals surface area contributed by atoms with Crippen molar-refractivity contribution in [3.63, 3.8) is 0 Å². The van der Waals surface area contributed by atoms with Gasteiger partial charge < -0.3 is 15.5 Å². The molecule has 0 saturated heterocycles. The molecule has 1 amide bonds. The van der Waals surface area contributed by atoms with Gasteiger partial charge >= 0.3 is 0 Å². The molecule has 0 aromatic heterocycles. The Labute approximate surface area is 164 Å². The molecule has 0 spiro atoms. The van der Waals surface area contributed by atoms with Gasteiger partial charge in [-0.05, 0) is 19.3 Å². The molecule has 4 N–H and O–H groups in total. The molecule has 0 bridgehead atoms. The quantitative estimate of drug-likeness (QED) is 0.204. The first-order valence-corrected chi connectivity index (χ1v) is 11.8. The molecule has 27 heavy (non-hydrogen) atoms. The van der Waals surface area contributed by atoms with Crippen LogP contribution in [0.1, 0.15) is 84.0 Å². The summed E-state index contributed by atoms with van der Waals surface area (Å²) in [5.74, 6) is -0.413. The second-order valence-electron chi connectivity index (χ2n) is 7.05. The molecule has 0 aliphatic carbocycles. The Morgan fingerprint density at radius 2 is 1.33 bits per heavy atom. The number of nitrogens with one attached hydrogen (secondary N) is 1. The maximum Gasteiger partial charge on any atom is 0.266 e. The SMILES string of the molecule is CCCCCCCCCCCC(=O)NC(CS(=O)(=O)O)[C](CCO)CCO. The molecule has 0 fully saturated rings. The maximum absolute atomic E-state index is 12.1. The van der Waals surface area contributed by atoms with Gasteiger partial charge in [0, 0.05) is 25.6 Å². The van der Waals surface area contributed by atoms with Crippen LogP contribution in [0.4, 0.5) is 0 Å². The standard InChI is InChI=1S/C19H38NO6S/c1-2-3-4-5-6-7-8-9-10-11-19(23)20-18(16-27(24,25)26)17(12-14-21)13-15-22/h18,21-22H,2-16H2,1H3,(H,20,23)(H,24,25,26). The van der Waals surface area contributed by atoms with Crippen molar-refractivity contribution in [3.8, 4) is 0 Å². The van der Waals surface area contributed by atoms with E-state index in [0.717, 1.165) is 19.3 Å². The van der Waals surface area contributed by atoms with Gasteiger partial charge in [-0.1, -0.05) is 58.3 Å². The summed E-state index contributed by atoms with van der Waals surface area (Å²) in [7, 11) is -4.29. The fourth-order valence-electron chi connectivity index (χ4n) is 3.10. The van der Waals surface area contributed by atoms with E-state index in [1.807, 2.05) is 0 Å². The van der Waals surface area contributed by atoms with E-state index in [-0.39, 0.29) is 32.0 Å². The number of aliphatic hydroxyl groups excluding tert-OH is 2. The number of amides is 1. The third kappa shape index (κ3) is 16.0. The van der Waals surface area contributed by atoms with Crippen LogP contribution in [-0.2, 0) is 14.9 Å². The summed E-state index contributed by atoms with van der Waals surface area (Å²) in [5.41, 5.74) is 0. The highest BCUT2D eigenvalue weighted by Gasteiger charge is 2.27. The molecule has 0 rings (SSSR count). The number of hydrogen-bond acceptors (Lipinski definition) is 5. The van der Waals surface area contributed by atoms with Crippen LogP contribution >= 0.6 is 0 Å². The first kappa shape index (κ1) is 26.3. The Morgan fingerprint density at radius 1 is 0.852 bits per heavy atom. The van der Waals surface area contributed by atoms with E-state index >= 15 is 0 Å². The Bertz CT molecular complexity index is 463. The van der Waals surface area contributed by atoms with Gasteiger partial charge in [-0.2, -0.15) is 8.42 Å². The maximum atomic E-state index is 12.1. The molecule has 7 nitrogen and oxygen atoms in total. The van der Waals surface area contributed by atoms with Crippen LogP contribution in [0.3, 0.4) is 0 Å². The average Bonchev–Trinajstić information content (AvgIpc) is 2.58. The summed E-state index contributed by atoms with van der Waals surface area (Å²) >= 11 is 0. The van der Waals surface area contributed by atoms with Crippen LogP contribution in [-0.4, -0.2) is 54.1 Å². The normalized spacial score (nSPS) is 13.1. The topological polar surface area (TPSA) is 124 Å². The zero-order valence-corrected chi connectivity index (χ0v) is 17.5. The predicted octanol–water partition coefficient (Wildman–Crippen LogP) is 2.62. The fourth-order valence-corrected chi connectivity index (χ4v) is 3.84. The summed E-state index contributed by atoms with van der Waals surface area (Å²) in [6, 6.07) is -0.898. The van der Waals surface area contributed by atoms with Gasteiger partial charge in [0.25, 0.3) is 10.1 Å². The zero-order valence-electron chi connectivity index (χ0n) is 16.7. The Balaban J connectivity index is 4.23. The Morgan fingerprint density at radius 3 is 1.78 bits per heavy atom. The minimum absolute atomic E-state index is 0.166. The van der Waals surface area contributed by atoms with Crippen molar-refractivity contribution < 1.29 is 28.0 Å². The van der Waals surface area contributed by atoms with Crippen LogP contribution in [0.2, 0.25) is 0 Å². The van der Waals surface area contributed by atoms with Crippen LogP contribution < -0.4 is 5.32 Å². The fraction of sp³-hybridized carbons (Fsp3) is 0.895. The van der Waals surface area contributed by atoms with Crippen molar-refractivity contribution in [1.29, 1.82) is 0 Å². The van der Waals surface area contributed by atoms with Crippen LogP contribution in [0, 0.1) is 5.92 Å². The number of carbonyl (C=O) groups is 1. The van der Waals surface area contributed by atoms with Gasteiger partial charge in [0.15, 0.2) is 0 Å². The first-order valence-electron chi connectivity index (χ1n) is 10.1. The van der Waals surface area contributed by atoms with E-state index in [1.165, 1.54) is 38.5 Å². The molecule has 1 unspecified atom stereocenters. The summed E-state index contributed by atoms with van der Waals surface area (Å²) in [5, 5.41) is 20.8. The van der Waals surface area contributed by atoms with Crippen molar-refractivity contribution in [3.05, 3.63) is 5.92 Å². The Hall–Kier alpha value is -0.700. The molecule has 1 radical (unpaired) electrons. The van der Waals surface area contributed by atoms with E-state index < -0.39 is 21.9 Å². The third-order valence-corrected chi connectivity index (χ3v) is 5.33. The van der Waals surface area contributed by atoms with Crippen LogP contribution in [0.25, 0.3) is 0 Å². The lowest BCUT2D eigenvalue weighted by molar-refractivity contribution is -0.121. The molecule has 8 heteroatoms. The number of carbonyl (C=O) groups excluding carboxylic acids is 1. The minimum Gasteiger partial charge on any atom is -0.396 e. The van der Waals surface area contributed by atoms with Crippen molar-refractivity contribution >= 4 is 16.0 Å². The lowest BCUT2D eigenvalue weighted by Crippen LogP contribution is -2.44. The molecular weight excluding hydrogens is 370 g/mol. The molecular formula is C19H38NO6S. The summed E-state index contributed by atoms with van der Waals surface area (Å²) < 4.78 is 31.6. The van der Waals surface area contributed by atoms with Gasteiger partial charge in [0.1, 0.15) is 0 Å². The highest BCUT2D eigenvalue weighted by Crippen LogP contribution is 2.18. The monoisotopic (exact) mass is 408 g/mol. The second kappa shape index (κ2) is 16.3. The van der Waals surface area contributed by atoms with Crippen molar-refractivity contribution in [2.75, 3.05) is 19.0 Å². The van der Waals surface area contributed by atoms with Crippen molar-refractivity contribution in [2.24, 2.45) is 0 Å². The van der Waals surface area contributed by atoms with Crippen molar-refractivity contribution in [1.82, 2.24) is 5.32 Å². The molecule has 0 heterocycles. The van der Waals surface area contributed by atoms with E-state index in [1.54, 1.807) is 0 Å². The van der Waals surface area contributed by atoms with Gasteiger partial charge in [0.2, 0.25) is 5.91 Å². The summed E-state index contributed by atoms with van der Waals surface area (Å²) in [6.45, 7) is 1.76. The second-order valence-corrected chi connectivity index (χ2v) is 8.55. The van der Waals surface area contributed by atoms with Gasteiger partial charge in [-0.15, -0.1) is 0 Å².